The van der Waals surface area contributed by atoms with E-state index in [9.17, 15) is 9.13 Å². The Morgan fingerprint density at radius 1 is 0.679 bits per heavy atom. The fourth-order valence-corrected chi connectivity index (χ4v) is 9.45. The minimum Gasteiger partial charge on any atom is -0.382 e. The van der Waals surface area contributed by atoms with E-state index in [0.717, 1.165) is 11.1 Å². The maximum absolute atomic E-state index is 12.9. The van der Waals surface area contributed by atoms with E-state index in [0.29, 0.717) is 83.2 Å². The smallest absolute Gasteiger partial charge is 0.356 e. The zero-order valence-electron chi connectivity index (χ0n) is 29.8. The lowest BCUT2D eigenvalue weighted by molar-refractivity contribution is 0.0559. The second-order valence-electron chi connectivity index (χ2n) is 12.6. The third-order valence-electron chi connectivity index (χ3n) is 8.66. The lowest BCUT2D eigenvalue weighted by Crippen LogP contribution is -2.17. The Hall–Kier alpha value is -4.06. The van der Waals surface area contributed by atoms with Crippen LogP contribution in [0.4, 0.5) is 11.6 Å². The number of hydrogen-bond donors (Lipinski definition) is 2. The number of fused-ring (bicyclic) bond motifs is 2. The summed E-state index contributed by atoms with van der Waals surface area (Å²) in [4.78, 5) is 24.5. The summed E-state index contributed by atoms with van der Waals surface area (Å²) in [6.45, 7) is 2.16. The van der Waals surface area contributed by atoms with Gasteiger partial charge in [0.1, 0.15) is 36.4 Å². The van der Waals surface area contributed by atoms with Crippen molar-refractivity contribution in [2.75, 3.05) is 50.6 Å². The van der Waals surface area contributed by atoms with Gasteiger partial charge in [0.25, 0.3) is 0 Å². The number of aromatic nitrogens is 8. The standard InChI is InChI=1S/2C17H19ClN5O4P/c2*18-13-3-1-2-12(8-13)14-4-6-26-28(24,27-14)11-25-7-5-23-10-22-15-16(19)20-9-21-17(15)23/h2*1-3,8-10,14H,4-7,11H2,(H2,19,20,21)/t14-,28+;14-,28-/m00/s1. The summed E-state index contributed by atoms with van der Waals surface area (Å²) in [6, 6.07) is 14.6. The lowest BCUT2D eigenvalue weighted by atomic mass is 10.1. The van der Waals surface area contributed by atoms with Crippen LogP contribution >= 0.6 is 38.4 Å². The average Bonchev–Trinajstić information content (AvgIpc) is 3.81. The van der Waals surface area contributed by atoms with Crippen molar-refractivity contribution in [1.29, 1.82) is 0 Å². The highest BCUT2D eigenvalue weighted by molar-refractivity contribution is 7.54. The van der Waals surface area contributed by atoms with Gasteiger partial charge < -0.3 is 39.1 Å². The minimum absolute atomic E-state index is 0.131. The highest BCUT2D eigenvalue weighted by atomic mass is 35.5. The van der Waals surface area contributed by atoms with Gasteiger partial charge in [-0.2, -0.15) is 0 Å². The van der Waals surface area contributed by atoms with Gasteiger partial charge in [0.2, 0.25) is 0 Å². The van der Waals surface area contributed by atoms with Crippen LogP contribution in [0, 0.1) is 0 Å². The first kappa shape index (κ1) is 40.1. The number of halogens is 2. The summed E-state index contributed by atoms with van der Waals surface area (Å²) >= 11 is 12.1. The zero-order valence-corrected chi connectivity index (χ0v) is 33.1. The van der Waals surface area contributed by atoms with Gasteiger partial charge in [0.15, 0.2) is 22.9 Å². The topological polar surface area (TPSA) is 229 Å². The molecule has 4 atom stereocenters. The molecule has 8 rings (SSSR count). The van der Waals surface area contributed by atoms with Crippen molar-refractivity contribution in [1.82, 2.24) is 39.0 Å². The van der Waals surface area contributed by atoms with Crippen molar-refractivity contribution in [3.63, 3.8) is 0 Å². The molecule has 4 aromatic heterocycles. The summed E-state index contributed by atoms with van der Waals surface area (Å²) in [5.74, 6) is 0.648. The molecule has 2 saturated heterocycles. The highest BCUT2D eigenvalue weighted by Gasteiger charge is 2.36. The van der Waals surface area contributed by atoms with Crippen LogP contribution in [0.1, 0.15) is 36.2 Å². The lowest BCUT2D eigenvalue weighted by Gasteiger charge is -2.30. The Kier molecular flexibility index (Phi) is 12.9. The molecule has 2 aromatic carbocycles. The average molecular weight is 848 g/mol. The number of nitrogens with zero attached hydrogens (tertiary/aromatic N) is 8. The van der Waals surface area contributed by atoms with E-state index < -0.39 is 15.2 Å². The molecule has 0 spiro atoms. The molecule has 0 bridgehead atoms. The number of imidazole rings is 2. The SMILES string of the molecule is Nc1ncnc2c1ncn2CCOC[P@@]1(=O)OCC[C@@H](c2cccc(Cl)c2)O1.Nc1ncnc2c1ncn2CCOC[P@]1(=O)OCC[C@@H](c2cccc(Cl)c2)O1. The summed E-state index contributed by atoms with van der Waals surface area (Å²) in [5.41, 5.74) is 15.6. The monoisotopic (exact) mass is 846 g/mol. The highest BCUT2D eigenvalue weighted by Crippen LogP contribution is 2.57. The van der Waals surface area contributed by atoms with Crippen molar-refractivity contribution in [2.24, 2.45) is 0 Å². The molecular formula is C34H38Cl2N10O8P2. The quantitative estimate of drug-likeness (QED) is 0.0951. The molecule has 0 aliphatic carbocycles. The maximum Gasteiger partial charge on any atom is 0.356 e. The number of anilines is 2. The number of nitrogens with two attached hydrogens (primary N) is 2. The van der Waals surface area contributed by atoms with Crippen molar-refractivity contribution >= 4 is 72.4 Å². The van der Waals surface area contributed by atoms with Crippen molar-refractivity contribution in [3.05, 3.63) is 95.0 Å². The van der Waals surface area contributed by atoms with E-state index in [-0.39, 0.29) is 38.1 Å². The largest absolute Gasteiger partial charge is 0.382 e. The maximum atomic E-state index is 12.9. The van der Waals surface area contributed by atoms with Crippen LogP contribution in [-0.2, 0) is 49.8 Å². The molecule has 2 aliphatic rings. The van der Waals surface area contributed by atoms with Gasteiger partial charge in [0.05, 0.1) is 51.3 Å². The van der Waals surface area contributed by atoms with Gasteiger partial charge in [0, 0.05) is 36.0 Å². The van der Waals surface area contributed by atoms with Crippen molar-refractivity contribution < 1.29 is 36.7 Å². The molecule has 56 heavy (non-hydrogen) atoms. The predicted octanol–water partition coefficient (Wildman–Crippen LogP) is 6.81. The van der Waals surface area contributed by atoms with Crippen LogP contribution in [0.2, 0.25) is 10.0 Å². The third-order valence-corrected chi connectivity index (χ3v) is 12.4. The van der Waals surface area contributed by atoms with Crippen LogP contribution in [0.25, 0.3) is 22.3 Å². The van der Waals surface area contributed by atoms with E-state index in [1.54, 1.807) is 46.1 Å². The first-order valence-electron chi connectivity index (χ1n) is 17.4. The molecule has 2 fully saturated rings. The fourth-order valence-electron chi connectivity index (χ4n) is 5.96. The Bertz CT molecular complexity index is 2220. The summed E-state index contributed by atoms with van der Waals surface area (Å²) in [7, 11) is -6.70. The molecule has 2 aliphatic heterocycles. The van der Waals surface area contributed by atoms with Gasteiger partial charge in [-0.15, -0.1) is 0 Å². The second kappa shape index (κ2) is 18.0. The molecule has 22 heteroatoms. The summed E-state index contributed by atoms with van der Waals surface area (Å²) in [6.07, 6.45) is 6.27. The van der Waals surface area contributed by atoms with Gasteiger partial charge in [-0.1, -0.05) is 47.5 Å². The van der Waals surface area contributed by atoms with E-state index in [1.807, 2.05) is 24.3 Å². The molecule has 0 saturated carbocycles. The number of rotatable bonds is 12. The van der Waals surface area contributed by atoms with E-state index in [4.69, 9.17) is 62.2 Å². The predicted molar refractivity (Wildman–Crippen MR) is 208 cm³/mol. The van der Waals surface area contributed by atoms with E-state index in [1.165, 1.54) is 12.7 Å². The van der Waals surface area contributed by atoms with Crippen molar-refractivity contribution in [2.45, 2.75) is 38.1 Å². The molecule has 0 amide bonds. The molecule has 296 valence electrons. The van der Waals surface area contributed by atoms with Gasteiger partial charge in [-0.25, -0.2) is 29.9 Å². The van der Waals surface area contributed by atoms with Crippen LogP contribution in [0.15, 0.2) is 73.8 Å². The van der Waals surface area contributed by atoms with Gasteiger partial charge >= 0.3 is 15.2 Å². The molecule has 4 N–H and O–H groups in total. The Labute approximate surface area is 330 Å². The number of hydrogen-bond acceptors (Lipinski definition) is 16. The zero-order chi connectivity index (χ0) is 39.1. The number of ether oxygens (including phenoxy) is 2. The third kappa shape index (κ3) is 9.90. The molecule has 6 aromatic rings. The van der Waals surface area contributed by atoms with Crippen LogP contribution in [0.5, 0.6) is 0 Å². The van der Waals surface area contributed by atoms with Crippen LogP contribution in [0.3, 0.4) is 0 Å². The summed E-state index contributed by atoms with van der Waals surface area (Å²) in [5, 5.41) is 1.21. The Morgan fingerprint density at radius 2 is 1.12 bits per heavy atom. The molecule has 0 radical (unpaired) electrons. The summed E-state index contributed by atoms with van der Waals surface area (Å²) < 4.78 is 62.7. The first-order valence-corrected chi connectivity index (χ1v) is 21.6. The second-order valence-corrected chi connectivity index (χ2v) is 17.3. The number of benzene rings is 2. The minimum atomic E-state index is -3.35. The van der Waals surface area contributed by atoms with E-state index in [2.05, 4.69) is 29.9 Å². The Balaban J connectivity index is 0.000000172. The number of nitrogen functional groups attached to an aromatic ring is 2. The Morgan fingerprint density at radius 3 is 1.55 bits per heavy atom. The normalized spacial score (nSPS) is 22.5. The van der Waals surface area contributed by atoms with Crippen LogP contribution in [-0.4, -0.2) is 78.2 Å². The molecule has 0 unspecified atom stereocenters. The fraction of sp³-hybridized carbons (Fsp3) is 0.353. The molecule has 18 nitrogen and oxygen atoms in total. The first-order chi connectivity index (χ1) is 27.1. The molecular weight excluding hydrogens is 809 g/mol. The van der Waals surface area contributed by atoms with Crippen LogP contribution < -0.4 is 11.5 Å². The molecule has 6 heterocycles. The van der Waals surface area contributed by atoms with Gasteiger partial charge in [-0.3, -0.25) is 18.2 Å². The van der Waals surface area contributed by atoms with Crippen molar-refractivity contribution in [3.8, 4) is 0 Å². The van der Waals surface area contributed by atoms with Gasteiger partial charge in [-0.05, 0) is 35.4 Å². The van der Waals surface area contributed by atoms with E-state index >= 15 is 0 Å².